The van der Waals surface area contributed by atoms with E-state index < -0.39 is 29.9 Å². The van der Waals surface area contributed by atoms with Gasteiger partial charge in [-0.05, 0) is 17.2 Å². The summed E-state index contributed by atoms with van der Waals surface area (Å²) in [6.07, 6.45) is 0.852. The molecule has 3 aromatic rings. The average Bonchev–Trinajstić information content (AvgIpc) is 3.28. The fraction of sp³-hybridized carbons (Fsp3) is 0.233. The number of carbonyl (C=O) groups is 3. The Morgan fingerprint density at radius 3 is 2.40 bits per heavy atom. The van der Waals surface area contributed by atoms with Crippen LogP contribution in [-0.2, 0) is 22.7 Å². The third kappa shape index (κ3) is 5.43. The summed E-state index contributed by atoms with van der Waals surface area (Å²) in [5.74, 6) is -2.18. The number of urea groups is 1. The Labute approximate surface area is 231 Å². The van der Waals surface area contributed by atoms with E-state index in [2.05, 4.69) is 11.9 Å². The number of rotatable bonds is 8. The van der Waals surface area contributed by atoms with Crippen molar-refractivity contribution in [1.29, 1.82) is 0 Å². The molecule has 206 valence electrons. The zero-order chi connectivity index (χ0) is 28.2. The van der Waals surface area contributed by atoms with E-state index in [0.29, 0.717) is 5.56 Å². The van der Waals surface area contributed by atoms with Crippen LogP contribution < -0.4 is 5.32 Å². The Morgan fingerprint density at radius 2 is 1.73 bits per heavy atom. The predicted octanol–water partition coefficient (Wildman–Crippen LogP) is 3.83. The molecule has 2 saturated heterocycles. The first-order valence-corrected chi connectivity index (χ1v) is 12.9. The number of halogens is 2. The number of nitrogens with zero attached hydrogens (tertiary/aromatic N) is 4. The summed E-state index contributed by atoms with van der Waals surface area (Å²) in [5.41, 5.74) is 1.66. The summed E-state index contributed by atoms with van der Waals surface area (Å²) in [7, 11) is 0. The summed E-state index contributed by atoms with van der Waals surface area (Å²) in [6.45, 7) is 3.94. The summed E-state index contributed by atoms with van der Waals surface area (Å²) in [5, 5.41) is 5.92. The second-order valence-electron chi connectivity index (χ2n) is 9.66. The first kappa shape index (κ1) is 27.0. The second kappa shape index (κ2) is 11.7. The number of benzene rings is 3. The number of hydrazine groups is 1. The smallest absolute Gasteiger partial charge is 0.332 e. The van der Waals surface area contributed by atoms with E-state index >= 15 is 0 Å². The third-order valence-corrected chi connectivity index (χ3v) is 7.08. The van der Waals surface area contributed by atoms with Gasteiger partial charge in [-0.3, -0.25) is 14.6 Å². The van der Waals surface area contributed by atoms with Crippen LogP contribution >= 0.6 is 0 Å². The monoisotopic (exact) mass is 545 g/mol. The van der Waals surface area contributed by atoms with E-state index in [1.54, 1.807) is 41.4 Å². The van der Waals surface area contributed by atoms with Crippen LogP contribution in [0.4, 0.5) is 13.6 Å². The number of hydrogen-bond acceptors (Lipinski definition) is 4. The fourth-order valence-electron chi connectivity index (χ4n) is 5.19. The SMILES string of the molecule is C=CCN(C(=O)NCc1ccccc1)N1CC(=O)N2[C@@H](c3ccccc3)C(=O)N(Cc3ccc(F)cc3F)C[C@@H]21. The Kier molecular flexibility index (Phi) is 7.88. The van der Waals surface area contributed by atoms with Crippen LogP contribution in [0.3, 0.4) is 0 Å². The van der Waals surface area contributed by atoms with Gasteiger partial charge in [0.15, 0.2) is 0 Å². The molecule has 0 aromatic heterocycles. The lowest BCUT2D eigenvalue weighted by atomic mass is 10.00. The van der Waals surface area contributed by atoms with Gasteiger partial charge >= 0.3 is 6.03 Å². The van der Waals surface area contributed by atoms with Crippen molar-refractivity contribution in [1.82, 2.24) is 25.1 Å². The van der Waals surface area contributed by atoms with Gasteiger partial charge in [-0.15, -0.1) is 6.58 Å². The molecule has 0 aliphatic carbocycles. The number of fused-ring (bicyclic) bond motifs is 1. The molecule has 2 heterocycles. The van der Waals surface area contributed by atoms with Crippen molar-refractivity contribution < 1.29 is 23.2 Å². The van der Waals surface area contributed by atoms with Crippen molar-refractivity contribution in [2.75, 3.05) is 19.6 Å². The largest absolute Gasteiger partial charge is 0.333 e. The molecule has 40 heavy (non-hydrogen) atoms. The van der Waals surface area contributed by atoms with Crippen LogP contribution in [-0.4, -0.2) is 63.5 Å². The Morgan fingerprint density at radius 1 is 1.02 bits per heavy atom. The molecule has 0 unspecified atom stereocenters. The fourth-order valence-corrected chi connectivity index (χ4v) is 5.19. The van der Waals surface area contributed by atoms with E-state index in [9.17, 15) is 23.2 Å². The molecule has 8 nitrogen and oxygen atoms in total. The lowest BCUT2D eigenvalue weighted by molar-refractivity contribution is -0.158. The van der Waals surface area contributed by atoms with Gasteiger partial charge < -0.3 is 15.1 Å². The Bertz CT molecular complexity index is 1400. The van der Waals surface area contributed by atoms with Crippen molar-refractivity contribution in [3.05, 3.63) is 120 Å². The maximum absolute atomic E-state index is 14.6. The average molecular weight is 546 g/mol. The van der Waals surface area contributed by atoms with Crippen LogP contribution in [0.15, 0.2) is 91.5 Å². The van der Waals surface area contributed by atoms with E-state index in [-0.39, 0.29) is 50.1 Å². The molecule has 2 fully saturated rings. The van der Waals surface area contributed by atoms with Crippen LogP contribution in [0, 0.1) is 11.6 Å². The number of carbonyl (C=O) groups excluding carboxylic acids is 3. The minimum absolute atomic E-state index is 0.0182. The molecular weight excluding hydrogens is 516 g/mol. The lowest BCUT2D eigenvalue weighted by Crippen LogP contribution is -2.62. The molecule has 0 saturated carbocycles. The normalized spacial score (nSPS) is 18.9. The predicted molar refractivity (Wildman–Crippen MR) is 144 cm³/mol. The summed E-state index contributed by atoms with van der Waals surface area (Å²) >= 11 is 0. The molecule has 3 aromatic carbocycles. The van der Waals surface area contributed by atoms with Crippen molar-refractivity contribution in [2.24, 2.45) is 0 Å². The zero-order valence-electron chi connectivity index (χ0n) is 21.7. The van der Waals surface area contributed by atoms with Crippen LogP contribution in [0.5, 0.6) is 0 Å². The Balaban J connectivity index is 1.46. The number of piperazine rings is 1. The third-order valence-electron chi connectivity index (χ3n) is 7.08. The maximum atomic E-state index is 14.6. The van der Waals surface area contributed by atoms with E-state index in [0.717, 1.165) is 17.7 Å². The molecular formula is C30H29F2N5O3. The van der Waals surface area contributed by atoms with E-state index in [4.69, 9.17) is 0 Å². The highest BCUT2D eigenvalue weighted by atomic mass is 19.1. The molecule has 4 amide bonds. The first-order valence-electron chi connectivity index (χ1n) is 12.9. The molecule has 0 radical (unpaired) electrons. The van der Waals surface area contributed by atoms with Crippen molar-refractivity contribution in [3.63, 3.8) is 0 Å². The Hall–Kier alpha value is -4.57. The number of hydrogen-bond donors (Lipinski definition) is 1. The van der Waals surface area contributed by atoms with Crippen LogP contribution in [0.1, 0.15) is 22.7 Å². The molecule has 2 aliphatic rings. The summed E-state index contributed by atoms with van der Waals surface area (Å²) in [6, 6.07) is 20.1. The molecule has 2 atom stereocenters. The van der Waals surface area contributed by atoms with Gasteiger partial charge in [0.1, 0.15) is 23.8 Å². The maximum Gasteiger partial charge on any atom is 0.332 e. The van der Waals surface area contributed by atoms with Gasteiger partial charge in [-0.25, -0.2) is 13.6 Å². The lowest BCUT2D eigenvalue weighted by Gasteiger charge is -2.46. The number of nitrogens with one attached hydrogen (secondary N) is 1. The highest BCUT2D eigenvalue weighted by Crippen LogP contribution is 2.36. The van der Waals surface area contributed by atoms with Crippen molar-refractivity contribution >= 4 is 17.8 Å². The molecule has 5 rings (SSSR count). The zero-order valence-corrected chi connectivity index (χ0v) is 21.7. The van der Waals surface area contributed by atoms with E-state index in [1.807, 2.05) is 30.3 Å². The van der Waals surface area contributed by atoms with E-state index in [1.165, 1.54) is 20.9 Å². The standard InChI is InChI=1S/C30H29F2N5O3/c1-2-15-35(30(40)33-17-21-9-5-3-6-10-21)36-20-27(38)37-26(36)19-34(18-23-13-14-24(31)16-25(23)32)29(39)28(37)22-11-7-4-8-12-22/h2-14,16,26,28H,1,15,17-20H2,(H,33,40)/t26-,28+/m1/s1. The quantitative estimate of drug-likeness (QED) is 0.437. The van der Waals surface area contributed by atoms with Gasteiger partial charge in [0.25, 0.3) is 5.91 Å². The van der Waals surface area contributed by atoms with Gasteiger partial charge in [0, 0.05) is 24.7 Å². The van der Waals surface area contributed by atoms with Gasteiger partial charge in [0.05, 0.1) is 19.6 Å². The molecule has 10 heteroatoms. The van der Waals surface area contributed by atoms with Crippen molar-refractivity contribution in [2.45, 2.75) is 25.3 Å². The van der Waals surface area contributed by atoms with Crippen molar-refractivity contribution in [3.8, 4) is 0 Å². The molecule has 0 bridgehead atoms. The van der Waals surface area contributed by atoms with Gasteiger partial charge in [-0.1, -0.05) is 72.8 Å². The highest BCUT2D eigenvalue weighted by Gasteiger charge is 2.52. The topological polar surface area (TPSA) is 76.2 Å². The number of amides is 4. The van der Waals surface area contributed by atoms with Gasteiger partial charge in [-0.2, -0.15) is 5.01 Å². The summed E-state index contributed by atoms with van der Waals surface area (Å²) < 4.78 is 28.1. The van der Waals surface area contributed by atoms with Crippen LogP contribution in [0.25, 0.3) is 0 Å². The second-order valence-corrected chi connectivity index (χ2v) is 9.66. The van der Waals surface area contributed by atoms with Gasteiger partial charge in [0.2, 0.25) is 5.91 Å². The minimum atomic E-state index is -0.973. The summed E-state index contributed by atoms with van der Waals surface area (Å²) in [4.78, 5) is 43.6. The molecule has 1 N–H and O–H groups in total. The highest BCUT2D eigenvalue weighted by molar-refractivity contribution is 5.92. The minimum Gasteiger partial charge on any atom is -0.333 e. The first-order chi connectivity index (χ1) is 19.4. The van der Waals surface area contributed by atoms with Crippen LogP contribution in [0.2, 0.25) is 0 Å². The molecule has 0 spiro atoms. The molecule has 2 aliphatic heterocycles.